The lowest BCUT2D eigenvalue weighted by atomic mass is 9.86. The Morgan fingerprint density at radius 3 is 2.23 bits per heavy atom. The zero-order valence-corrected chi connectivity index (χ0v) is 13.3. The molecule has 0 radical (unpaired) electrons. The van der Waals surface area contributed by atoms with E-state index < -0.39 is 37.6 Å². The van der Waals surface area contributed by atoms with E-state index in [2.05, 4.69) is 0 Å². The lowest BCUT2D eigenvalue weighted by molar-refractivity contribution is -0.145. The molecule has 0 bridgehead atoms. The molecular formula is C14H23F4O3P. The molecule has 0 aliphatic heterocycles. The Balaban J connectivity index is 2.18. The molecule has 0 aromatic heterocycles. The summed E-state index contributed by atoms with van der Waals surface area (Å²) in [5.74, 6) is 0. The number of alkyl halides is 4. The first-order valence-corrected chi connectivity index (χ1v) is 9.45. The van der Waals surface area contributed by atoms with Gasteiger partial charge in [0.1, 0.15) is 6.17 Å². The van der Waals surface area contributed by atoms with Gasteiger partial charge in [-0.05, 0) is 25.7 Å². The van der Waals surface area contributed by atoms with Crippen molar-refractivity contribution in [2.45, 2.75) is 87.8 Å². The molecule has 0 aromatic carbocycles. The third-order valence-corrected chi connectivity index (χ3v) is 7.17. The first-order chi connectivity index (χ1) is 10.2. The quantitative estimate of drug-likeness (QED) is 0.567. The predicted octanol–water partition coefficient (Wildman–Crippen LogP) is 5.12. The smallest absolute Gasteiger partial charge is 0.324 e. The van der Waals surface area contributed by atoms with Gasteiger partial charge in [-0.15, -0.1) is 0 Å². The average Bonchev–Trinajstić information content (AvgIpc) is 2.40. The largest absolute Gasteiger partial charge is 0.390 e. The third-order valence-electron chi connectivity index (χ3n) is 4.81. The average molecular weight is 346 g/mol. The fourth-order valence-electron chi connectivity index (χ4n) is 3.61. The van der Waals surface area contributed by atoms with Crippen molar-refractivity contribution in [3.05, 3.63) is 0 Å². The van der Waals surface area contributed by atoms with Crippen LogP contribution in [0.3, 0.4) is 0 Å². The second-order valence-electron chi connectivity index (χ2n) is 6.54. The van der Waals surface area contributed by atoms with Crippen LogP contribution in [0.25, 0.3) is 0 Å². The Hall–Kier alpha value is -0.130. The third kappa shape index (κ3) is 4.24. The molecule has 0 heterocycles. The Morgan fingerprint density at radius 1 is 1.09 bits per heavy atom. The summed E-state index contributed by atoms with van der Waals surface area (Å²) in [4.78, 5) is 10.3. The van der Waals surface area contributed by atoms with E-state index >= 15 is 0 Å². The first-order valence-electron chi connectivity index (χ1n) is 7.87. The van der Waals surface area contributed by atoms with E-state index in [1.807, 2.05) is 0 Å². The summed E-state index contributed by atoms with van der Waals surface area (Å²) in [6.45, 7) is 0. The minimum absolute atomic E-state index is 0.00393. The number of hydrogen-bond acceptors (Lipinski definition) is 2. The Bertz CT molecular complexity index is 421. The molecule has 0 spiro atoms. The van der Waals surface area contributed by atoms with E-state index in [4.69, 9.17) is 4.52 Å². The Kier molecular flexibility index (Phi) is 5.61. The zero-order chi connectivity index (χ0) is 16.4. The monoisotopic (exact) mass is 346 g/mol. The van der Waals surface area contributed by atoms with Crippen LogP contribution in [0.4, 0.5) is 17.6 Å². The highest BCUT2D eigenvalue weighted by Gasteiger charge is 2.56. The standard InChI is InChI=1S/C14H23F4O3P/c15-11-6-2-3-7-12(11)21-22(19,20)13(10-14(16,17)18)8-4-1-5-9-13/h11-12H,1-10H2,(H,19,20). The maximum Gasteiger partial charge on any atom is 0.390 e. The van der Waals surface area contributed by atoms with Crippen molar-refractivity contribution in [3.63, 3.8) is 0 Å². The fraction of sp³-hybridized carbons (Fsp3) is 1.00. The SMILES string of the molecule is O=P(O)(OC1CCCCC1F)C1(CC(F)(F)F)CCCCC1. The summed E-state index contributed by atoms with van der Waals surface area (Å²) in [7, 11) is -4.56. The van der Waals surface area contributed by atoms with Gasteiger partial charge in [-0.1, -0.05) is 32.1 Å². The van der Waals surface area contributed by atoms with E-state index in [9.17, 15) is 27.0 Å². The molecule has 1 N–H and O–H groups in total. The highest BCUT2D eigenvalue weighted by molar-refractivity contribution is 7.54. The maximum absolute atomic E-state index is 13.8. The summed E-state index contributed by atoms with van der Waals surface area (Å²) in [6, 6.07) is 0. The van der Waals surface area contributed by atoms with Crippen molar-refractivity contribution < 1.29 is 31.5 Å². The molecule has 2 rings (SSSR count). The molecule has 0 amide bonds. The second-order valence-corrected chi connectivity index (χ2v) is 8.74. The number of halogens is 4. The minimum atomic E-state index is -4.56. The normalized spacial score (nSPS) is 32.4. The van der Waals surface area contributed by atoms with Gasteiger partial charge in [0.15, 0.2) is 0 Å². The number of hydrogen-bond donors (Lipinski definition) is 1. The molecule has 0 saturated heterocycles. The zero-order valence-electron chi connectivity index (χ0n) is 12.4. The Morgan fingerprint density at radius 2 is 1.68 bits per heavy atom. The van der Waals surface area contributed by atoms with E-state index in [0.29, 0.717) is 25.7 Å². The van der Waals surface area contributed by atoms with Crippen molar-refractivity contribution in [2.75, 3.05) is 0 Å². The van der Waals surface area contributed by atoms with Crippen LogP contribution in [-0.2, 0) is 9.09 Å². The topological polar surface area (TPSA) is 46.5 Å². The lowest BCUT2D eigenvalue weighted by Crippen LogP contribution is -2.40. The van der Waals surface area contributed by atoms with E-state index in [0.717, 1.165) is 6.42 Å². The minimum Gasteiger partial charge on any atom is -0.324 e. The van der Waals surface area contributed by atoms with Crippen LogP contribution in [0.15, 0.2) is 0 Å². The van der Waals surface area contributed by atoms with Crippen LogP contribution in [0, 0.1) is 0 Å². The van der Waals surface area contributed by atoms with E-state index in [-0.39, 0.29) is 25.7 Å². The molecule has 3 nitrogen and oxygen atoms in total. The van der Waals surface area contributed by atoms with E-state index in [1.54, 1.807) is 0 Å². The molecule has 2 fully saturated rings. The molecule has 130 valence electrons. The van der Waals surface area contributed by atoms with Crippen LogP contribution in [0.2, 0.25) is 0 Å². The van der Waals surface area contributed by atoms with Gasteiger partial charge < -0.3 is 9.42 Å². The molecule has 0 aromatic rings. The van der Waals surface area contributed by atoms with Gasteiger partial charge >= 0.3 is 13.8 Å². The van der Waals surface area contributed by atoms with Gasteiger partial charge in [-0.25, -0.2) is 4.39 Å². The second kappa shape index (κ2) is 6.78. The molecule has 8 heteroatoms. The summed E-state index contributed by atoms with van der Waals surface area (Å²) < 4.78 is 70.3. The fourth-order valence-corrected chi connectivity index (χ4v) is 5.70. The molecule has 2 aliphatic rings. The van der Waals surface area contributed by atoms with Crippen molar-refractivity contribution in [3.8, 4) is 0 Å². The molecular weight excluding hydrogens is 323 g/mol. The van der Waals surface area contributed by atoms with Gasteiger partial charge in [-0.2, -0.15) is 13.2 Å². The van der Waals surface area contributed by atoms with Crippen molar-refractivity contribution in [1.82, 2.24) is 0 Å². The molecule has 22 heavy (non-hydrogen) atoms. The summed E-state index contributed by atoms with van der Waals surface area (Å²) in [6.07, 6.45) is -4.77. The first kappa shape index (κ1) is 18.2. The van der Waals surface area contributed by atoms with Gasteiger partial charge in [-0.3, -0.25) is 4.57 Å². The Labute approximate surface area is 128 Å². The van der Waals surface area contributed by atoms with Crippen LogP contribution in [0.5, 0.6) is 0 Å². The molecule has 2 aliphatic carbocycles. The van der Waals surface area contributed by atoms with Crippen LogP contribution in [-0.4, -0.2) is 28.5 Å². The predicted molar refractivity (Wildman–Crippen MR) is 74.6 cm³/mol. The lowest BCUT2D eigenvalue weighted by Gasteiger charge is -2.42. The summed E-state index contributed by atoms with van der Waals surface area (Å²) in [5, 5.41) is -1.80. The van der Waals surface area contributed by atoms with Gasteiger partial charge in [0.05, 0.1) is 17.7 Å². The van der Waals surface area contributed by atoms with Crippen molar-refractivity contribution in [1.29, 1.82) is 0 Å². The van der Waals surface area contributed by atoms with Crippen LogP contribution < -0.4 is 0 Å². The van der Waals surface area contributed by atoms with Crippen molar-refractivity contribution in [2.24, 2.45) is 0 Å². The molecule has 2 saturated carbocycles. The highest BCUT2D eigenvalue weighted by atomic mass is 31.2. The maximum atomic E-state index is 13.8. The summed E-state index contributed by atoms with van der Waals surface area (Å²) in [5.41, 5.74) is 0. The highest BCUT2D eigenvalue weighted by Crippen LogP contribution is 2.65. The van der Waals surface area contributed by atoms with Crippen LogP contribution >= 0.6 is 7.60 Å². The molecule has 3 unspecified atom stereocenters. The van der Waals surface area contributed by atoms with Gasteiger partial charge in [0, 0.05) is 0 Å². The summed E-state index contributed by atoms with van der Waals surface area (Å²) >= 11 is 0. The van der Waals surface area contributed by atoms with Gasteiger partial charge in [0.2, 0.25) is 0 Å². The van der Waals surface area contributed by atoms with Gasteiger partial charge in [0.25, 0.3) is 0 Å². The van der Waals surface area contributed by atoms with Crippen LogP contribution in [0.1, 0.15) is 64.2 Å². The number of rotatable bonds is 4. The van der Waals surface area contributed by atoms with E-state index in [1.165, 1.54) is 0 Å². The molecule has 3 atom stereocenters. The van der Waals surface area contributed by atoms with Crippen molar-refractivity contribution >= 4 is 7.60 Å².